The van der Waals surface area contributed by atoms with Crippen molar-refractivity contribution in [1.29, 1.82) is 0 Å². The topological polar surface area (TPSA) is 64.6 Å². The Morgan fingerprint density at radius 2 is 1.86 bits per heavy atom. The monoisotopic (exact) mass is 303 g/mol. The standard InChI is InChI=1S/C17H21NO4/c1-4-21-16(19)10-9-14(17(20)22-5-2)12-18-15-8-6-7-13(3)11-15/h6-12,18H,4-5H2,1-3H3/b10-9+,14-12-. The van der Waals surface area contributed by atoms with Crippen LogP contribution in [0.2, 0.25) is 0 Å². The number of hydrogen-bond acceptors (Lipinski definition) is 5. The van der Waals surface area contributed by atoms with Crippen molar-refractivity contribution in [2.24, 2.45) is 0 Å². The van der Waals surface area contributed by atoms with Gasteiger partial charge in [0.2, 0.25) is 0 Å². The zero-order valence-electron chi connectivity index (χ0n) is 13.1. The van der Waals surface area contributed by atoms with Crippen LogP contribution in [0.15, 0.2) is 48.2 Å². The summed E-state index contributed by atoms with van der Waals surface area (Å²) in [6.45, 7) is 5.95. The third-order valence-electron chi connectivity index (χ3n) is 2.61. The predicted molar refractivity (Wildman–Crippen MR) is 85.3 cm³/mol. The smallest absolute Gasteiger partial charge is 0.339 e. The summed E-state index contributed by atoms with van der Waals surface area (Å²) < 4.78 is 9.74. The molecule has 0 aliphatic heterocycles. The number of rotatable bonds is 7. The van der Waals surface area contributed by atoms with E-state index in [4.69, 9.17) is 9.47 Å². The van der Waals surface area contributed by atoms with Crippen LogP contribution in [0.4, 0.5) is 5.69 Å². The van der Waals surface area contributed by atoms with E-state index in [2.05, 4.69) is 5.32 Å². The molecule has 0 unspecified atom stereocenters. The van der Waals surface area contributed by atoms with Crippen molar-refractivity contribution in [2.75, 3.05) is 18.5 Å². The number of benzene rings is 1. The van der Waals surface area contributed by atoms with Crippen LogP contribution in [-0.4, -0.2) is 25.2 Å². The molecule has 0 heterocycles. The minimum Gasteiger partial charge on any atom is -0.463 e. The summed E-state index contributed by atoms with van der Waals surface area (Å²) in [5, 5.41) is 3.01. The highest BCUT2D eigenvalue weighted by molar-refractivity contribution is 5.94. The van der Waals surface area contributed by atoms with Gasteiger partial charge >= 0.3 is 11.9 Å². The fourth-order valence-electron chi connectivity index (χ4n) is 1.63. The molecule has 1 N–H and O–H groups in total. The average Bonchev–Trinajstić information content (AvgIpc) is 2.47. The second-order valence-electron chi connectivity index (χ2n) is 4.42. The van der Waals surface area contributed by atoms with Crippen molar-refractivity contribution < 1.29 is 19.1 Å². The first-order valence-corrected chi connectivity index (χ1v) is 7.12. The first-order chi connectivity index (χ1) is 10.6. The third kappa shape index (κ3) is 6.26. The zero-order valence-corrected chi connectivity index (χ0v) is 13.1. The number of anilines is 1. The Balaban J connectivity index is 2.87. The molecule has 0 aromatic heterocycles. The molecule has 0 atom stereocenters. The lowest BCUT2D eigenvalue weighted by Crippen LogP contribution is -2.08. The quantitative estimate of drug-likeness (QED) is 0.476. The lowest BCUT2D eigenvalue weighted by molar-refractivity contribution is -0.138. The van der Waals surface area contributed by atoms with Crippen LogP contribution >= 0.6 is 0 Å². The summed E-state index contributed by atoms with van der Waals surface area (Å²) in [7, 11) is 0. The van der Waals surface area contributed by atoms with Gasteiger partial charge in [0, 0.05) is 18.0 Å². The Hall–Kier alpha value is -2.56. The van der Waals surface area contributed by atoms with Crippen LogP contribution < -0.4 is 5.32 Å². The molecule has 0 fully saturated rings. The van der Waals surface area contributed by atoms with Crippen LogP contribution in [0.3, 0.4) is 0 Å². The summed E-state index contributed by atoms with van der Waals surface area (Å²) in [6.07, 6.45) is 4.07. The van der Waals surface area contributed by atoms with Gasteiger partial charge < -0.3 is 14.8 Å². The van der Waals surface area contributed by atoms with Crippen LogP contribution in [0.1, 0.15) is 19.4 Å². The minimum atomic E-state index is -0.511. The molecule has 5 nitrogen and oxygen atoms in total. The number of ether oxygens (including phenoxy) is 2. The van der Waals surface area contributed by atoms with Crippen molar-refractivity contribution in [1.82, 2.24) is 0 Å². The van der Waals surface area contributed by atoms with Crippen molar-refractivity contribution in [3.63, 3.8) is 0 Å². The summed E-state index contributed by atoms with van der Waals surface area (Å²) in [5.41, 5.74) is 2.17. The Kier molecular flexibility index (Phi) is 7.47. The maximum atomic E-state index is 11.9. The van der Waals surface area contributed by atoms with Crippen LogP contribution in [-0.2, 0) is 19.1 Å². The zero-order chi connectivity index (χ0) is 16.4. The molecule has 118 valence electrons. The molecule has 0 saturated heterocycles. The summed E-state index contributed by atoms with van der Waals surface area (Å²) in [5.74, 6) is -1.02. The number of nitrogens with one attached hydrogen (secondary N) is 1. The lowest BCUT2D eigenvalue weighted by atomic mass is 10.2. The highest BCUT2D eigenvalue weighted by Gasteiger charge is 2.08. The third-order valence-corrected chi connectivity index (χ3v) is 2.61. The Labute approximate surface area is 130 Å². The van der Waals surface area contributed by atoms with E-state index < -0.39 is 11.9 Å². The van der Waals surface area contributed by atoms with E-state index in [1.807, 2.05) is 31.2 Å². The number of aryl methyl sites for hydroxylation is 1. The second-order valence-corrected chi connectivity index (χ2v) is 4.42. The second kappa shape index (κ2) is 9.39. The molecule has 1 aromatic rings. The lowest BCUT2D eigenvalue weighted by Gasteiger charge is -2.05. The van der Waals surface area contributed by atoms with Crippen molar-refractivity contribution in [2.45, 2.75) is 20.8 Å². The number of esters is 2. The Morgan fingerprint density at radius 1 is 1.14 bits per heavy atom. The molecule has 0 aliphatic rings. The first kappa shape index (κ1) is 17.5. The fraction of sp³-hybridized carbons (Fsp3) is 0.294. The van der Waals surface area contributed by atoms with Crippen molar-refractivity contribution in [3.8, 4) is 0 Å². The van der Waals surface area contributed by atoms with Gasteiger partial charge in [-0.05, 0) is 44.5 Å². The normalized spacial score (nSPS) is 11.3. The Bertz CT molecular complexity index is 576. The van der Waals surface area contributed by atoms with E-state index >= 15 is 0 Å². The molecule has 1 rings (SSSR count). The maximum absolute atomic E-state index is 11.9. The maximum Gasteiger partial charge on any atom is 0.339 e. The molecule has 0 bridgehead atoms. The summed E-state index contributed by atoms with van der Waals surface area (Å²) in [4.78, 5) is 23.2. The van der Waals surface area contributed by atoms with Gasteiger partial charge in [0.05, 0.1) is 18.8 Å². The molecule has 0 aliphatic carbocycles. The van der Waals surface area contributed by atoms with Crippen LogP contribution in [0.25, 0.3) is 0 Å². The van der Waals surface area contributed by atoms with E-state index in [9.17, 15) is 9.59 Å². The predicted octanol–water partition coefficient (Wildman–Crippen LogP) is 2.97. The van der Waals surface area contributed by atoms with E-state index in [-0.39, 0.29) is 18.8 Å². The highest BCUT2D eigenvalue weighted by atomic mass is 16.5. The molecular weight excluding hydrogens is 282 g/mol. The van der Waals surface area contributed by atoms with Crippen LogP contribution in [0, 0.1) is 6.92 Å². The van der Waals surface area contributed by atoms with Gasteiger partial charge in [-0.3, -0.25) is 0 Å². The van der Waals surface area contributed by atoms with Gasteiger partial charge in [-0.25, -0.2) is 9.59 Å². The van der Waals surface area contributed by atoms with Gasteiger partial charge in [0.15, 0.2) is 0 Å². The number of carbonyl (C=O) groups excluding carboxylic acids is 2. The van der Waals surface area contributed by atoms with Gasteiger partial charge in [-0.2, -0.15) is 0 Å². The largest absolute Gasteiger partial charge is 0.463 e. The van der Waals surface area contributed by atoms with Gasteiger partial charge in [0.1, 0.15) is 0 Å². The van der Waals surface area contributed by atoms with Crippen molar-refractivity contribution in [3.05, 3.63) is 53.8 Å². The molecule has 0 radical (unpaired) electrons. The minimum absolute atomic E-state index is 0.233. The highest BCUT2D eigenvalue weighted by Crippen LogP contribution is 2.11. The van der Waals surface area contributed by atoms with Gasteiger partial charge in [0.25, 0.3) is 0 Å². The number of carbonyl (C=O) groups is 2. The van der Waals surface area contributed by atoms with E-state index in [0.29, 0.717) is 0 Å². The van der Waals surface area contributed by atoms with Crippen molar-refractivity contribution >= 4 is 17.6 Å². The first-order valence-electron chi connectivity index (χ1n) is 7.12. The average molecular weight is 303 g/mol. The van der Waals surface area contributed by atoms with Crippen LogP contribution in [0.5, 0.6) is 0 Å². The van der Waals surface area contributed by atoms with Gasteiger partial charge in [-0.1, -0.05) is 12.1 Å². The van der Waals surface area contributed by atoms with Gasteiger partial charge in [-0.15, -0.1) is 0 Å². The molecule has 5 heteroatoms. The SMILES string of the molecule is CCOC(=O)/C=C/C(=C/Nc1cccc(C)c1)C(=O)OCC. The van der Waals surface area contributed by atoms with E-state index in [1.165, 1.54) is 18.4 Å². The van der Waals surface area contributed by atoms with E-state index in [0.717, 1.165) is 11.3 Å². The molecule has 0 amide bonds. The fourth-order valence-corrected chi connectivity index (χ4v) is 1.63. The molecule has 22 heavy (non-hydrogen) atoms. The van der Waals surface area contributed by atoms with E-state index in [1.54, 1.807) is 13.8 Å². The molecular formula is C17H21NO4. The molecule has 0 spiro atoms. The molecule has 1 aromatic carbocycles. The summed E-state index contributed by atoms with van der Waals surface area (Å²) >= 11 is 0. The number of hydrogen-bond donors (Lipinski definition) is 1. The Morgan fingerprint density at radius 3 is 2.50 bits per heavy atom. The summed E-state index contributed by atoms with van der Waals surface area (Å²) in [6, 6.07) is 7.70. The molecule has 0 saturated carbocycles.